The number of rotatable bonds is 0. The van der Waals surface area contributed by atoms with E-state index in [2.05, 4.69) is 44.9 Å². The van der Waals surface area contributed by atoms with Gasteiger partial charge >= 0.3 is 0 Å². The average Bonchev–Trinajstić information content (AvgIpc) is 2.00. The van der Waals surface area contributed by atoms with E-state index < -0.39 is 0 Å². The Bertz CT molecular complexity index is 260. The lowest BCUT2D eigenvalue weighted by molar-refractivity contribution is 0.870. The molecule has 0 bridgehead atoms. The highest BCUT2D eigenvalue weighted by molar-refractivity contribution is 14.1. The van der Waals surface area contributed by atoms with E-state index in [4.69, 9.17) is 0 Å². The van der Waals surface area contributed by atoms with Crippen molar-refractivity contribution in [3.8, 4) is 0 Å². The van der Waals surface area contributed by atoms with Crippen LogP contribution in [0.1, 0.15) is 11.1 Å². The summed E-state index contributed by atoms with van der Waals surface area (Å²) in [5.74, 6) is 0. The van der Waals surface area contributed by atoms with E-state index in [1.54, 1.807) is 6.20 Å². The molecule has 60 valence electrons. The maximum Gasteiger partial charge on any atom is 0.0528 e. The summed E-state index contributed by atoms with van der Waals surface area (Å²) in [5, 5.41) is 9.42. The molecule has 0 aliphatic rings. The third-order valence-corrected chi connectivity index (χ3v) is 3.07. The maximum absolute atomic E-state index is 3.90. The van der Waals surface area contributed by atoms with E-state index in [-0.39, 0.29) is 0 Å². The van der Waals surface area contributed by atoms with Gasteiger partial charge in [0.2, 0.25) is 0 Å². The van der Waals surface area contributed by atoms with Gasteiger partial charge in [-0.3, -0.25) is 5.10 Å². The van der Waals surface area contributed by atoms with Crippen LogP contribution in [0.3, 0.4) is 0 Å². The number of hydrogen-bond donors (Lipinski definition) is 2. The van der Waals surface area contributed by atoms with E-state index in [1.807, 2.05) is 13.1 Å². The minimum atomic E-state index is 1.17. The van der Waals surface area contributed by atoms with Crippen LogP contribution in [0.4, 0.5) is 0 Å². The van der Waals surface area contributed by atoms with Gasteiger partial charge in [0, 0.05) is 9.77 Å². The monoisotopic (exact) mass is 263 g/mol. The molecule has 0 unspecified atom stereocenters. The standard InChI is InChI=1S/C7H10IN3/c1-5-3-9-11-10-4-6(2)7(5)8/h3-4,9,11H,1-2H3. The number of aromatic amines is 2. The molecule has 0 atom stereocenters. The van der Waals surface area contributed by atoms with Crippen molar-refractivity contribution in [2.45, 2.75) is 13.8 Å². The van der Waals surface area contributed by atoms with Crippen LogP contribution in [0.2, 0.25) is 0 Å². The molecule has 0 aliphatic heterocycles. The van der Waals surface area contributed by atoms with E-state index >= 15 is 0 Å². The van der Waals surface area contributed by atoms with Gasteiger partial charge in [-0.2, -0.15) is 5.10 Å². The number of halogens is 1. The Kier molecular flexibility index (Phi) is 2.92. The summed E-state index contributed by atoms with van der Waals surface area (Å²) >= 11 is 2.30. The summed E-state index contributed by atoms with van der Waals surface area (Å²) in [6.07, 6.45) is 3.69. The third kappa shape index (κ3) is 2.21. The van der Waals surface area contributed by atoms with E-state index in [0.29, 0.717) is 0 Å². The van der Waals surface area contributed by atoms with E-state index in [1.165, 1.54) is 14.7 Å². The van der Waals surface area contributed by atoms with Crippen LogP contribution in [0.25, 0.3) is 0 Å². The minimum absolute atomic E-state index is 1.17. The molecule has 0 saturated carbocycles. The topological polar surface area (TPSA) is 44.5 Å². The summed E-state index contributed by atoms with van der Waals surface area (Å²) in [6, 6.07) is 0. The molecule has 3 nitrogen and oxygen atoms in total. The largest absolute Gasteiger partial charge is 0.292 e. The molecular weight excluding hydrogens is 253 g/mol. The number of nitrogens with one attached hydrogen (secondary N) is 2. The van der Waals surface area contributed by atoms with E-state index in [9.17, 15) is 0 Å². The zero-order valence-electron chi connectivity index (χ0n) is 6.48. The molecule has 1 aromatic heterocycles. The summed E-state index contributed by atoms with van der Waals surface area (Å²) in [4.78, 5) is 0. The van der Waals surface area contributed by atoms with Gasteiger partial charge in [-0.25, -0.2) is 5.21 Å². The molecule has 0 aromatic carbocycles. The number of H-pyrrole nitrogens is 2. The zero-order chi connectivity index (χ0) is 8.27. The van der Waals surface area contributed by atoms with Crippen LogP contribution in [0.5, 0.6) is 0 Å². The molecule has 0 amide bonds. The average molecular weight is 263 g/mol. The first kappa shape index (κ1) is 8.58. The molecule has 4 heteroatoms. The fraction of sp³-hybridized carbons (Fsp3) is 0.286. The second kappa shape index (κ2) is 3.75. The van der Waals surface area contributed by atoms with Crippen LogP contribution in [-0.4, -0.2) is 15.4 Å². The zero-order valence-corrected chi connectivity index (χ0v) is 8.64. The van der Waals surface area contributed by atoms with Gasteiger partial charge in [0.05, 0.1) is 6.20 Å². The number of nitrogens with zero attached hydrogens (tertiary/aromatic N) is 1. The van der Waals surface area contributed by atoms with Crippen LogP contribution in [-0.2, 0) is 0 Å². The minimum Gasteiger partial charge on any atom is -0.292 e. The SMILES string of the molecule is Cc1cn[nH][nH]cc(C)c1I. The fourth-order valence-corrected chi connectivity index (χ4v) is 1.03. The predicted octanol–water partition coefficient (Wildman–Crippen LogP) is 2.08. The molecule has 11 heavy (non-hydrogen) atoms. The molecule has 1 rings (SSSR count). The normalized spacial score (nSPS) is 9.36. The Hall–Kier alpha value is -0.520. The van der Waals surface area contributed by atoms with Gasteiger partial charge in [-0.1, -0.05) is 0 Å². The lowest BCUT2D eigenvalue weighted by Gasteiger charge is -1.96. The second-order valence-electron chi connectivity index (χ2n) is 2.34. The van der Waals surface area contributed by atoms with Crippen molar-refractivity contribution in [1.29, 1.82) is 0 Å². The Morgan fingerprint density at radius 2 is 2.09 bits per heavy atom. The van der Waals surface area contributed by atoms with Crippen molar-refractivity contribution < 1.29 is 0 Å². The lowest BCUT2D eigenvalue weighted by atomic mass is 10.3. The Labute approximate surface area is 79.0 Å². The van der Waals surface area contributed by atoms with Crippen molar-refractivity contribution in [1.82, 2.24) is 15.4 Å². The highest BCUT2D eigenvalue weighted by atomic mass is 127. The molecule has 1 aromatic rings. The summed E-state index contributed by atoms with van der Waals surface area (Å²) < 4.78 is 1.24. The lowest BCUT2D eigenvalue weighted by Crippen LogP contribution is -1.87. The second-order valence-corrected chi connectivity index (χ2v) is 3.42. The molecule has 1 heterocycles. The van der Waals surface area contributed by atoms with Crippen molar-refractivity contribution >= 4 is 22.6 Å². The predicted molar refractivity (Wildman–Crippen MR) is 52.8 cm³/mol. The van der Waals surface area contributed by atoms with Crippen LogP contribution in [0, 0.1) is 17.4 Å². The first-order valence-electron chi connectivity index (χ1n) is 3.29. The van der Waals surface area contributed by atoms with Gasteiger partial charge < -0.3 is 0 Å². The molecule has 0 aliphatic carbocycles. The van der Waals surface area contributed by atoms with E-state index in [0.717, 1.165) is 0 Å². The summed E-state index contributed by atoms with van der Waals surface area (Å²) in [5.41, 5.74) is 2.38. The van der Waals surface area contributed by atoms with Gasteiger partial charge in [-0.15, -0.1) is 0 Å². The molecule has 0 fully saturated rings. The van der Waals surface area contributed by atoms with Crippen LogP contribution >= 0.6 is 22.6 Å². The number of aryl methyl sites for hydroxylation is 2. The highest BCUT2D eigenvalue weighted by Crippen LogP contribution is 2.10. The molecule has 0 spiro atoms. The van der Waals surface area contributed by atoms with Crippen molar-refractivity contribution in [3.63, 3.8) is 0 Å². The number of aromatic nitrogens is 3. The first-order chi connectivity index (χ1) is 5.22. The van der Waals surface area contributed by atoms with Crippen molar-refractivity contribution in [3.05, 3.63) is 27.1 Å². The molecule has 2 N–H and O–H groups in total. The van der Waals surface area contributed by atoms with Crippen LogP contribution in [0.15, 0.2) is 12.4 Å². The number of hydrogen-bond acceptors (Lipinski definition) is 1. The molecule has 0 radical (unpaired) electrons. The quantitative estimate of drug-likeness (QED) is 0.691. The van der Waals surface area contributed by atoms with Crippen LogP contribution < -0.4 is 0 Å². The smallest absolute Gasteiger partial charge is 0.0528 e. The highest BCUT2D eigenvalue weighted by Gasteiger charge is 1.92. The van der Waals surface area contributed by atoms with Gasteiger partial charge in [0.15, 0.2) is 0 Å². The maximum atomic E-state index is 3.90. The summed E-state index contributed by atoms with van der Waals surface area (Å²) in [6.45, 7) is 4.09. The fourth-order valence-electron chi connectivity index (χ4n) is 0.738. The Morgan fingerprint density at radius 3 is 2.82 bits per heavy atom. The molecular formula is C7H10IN3. The third-order valence-electron chi connectivity index (χ3n) is 1.37. The van der Waals surface area contributed by atoms with Gasteiger partial charge in [0.25, 0.3) is 0 Å². The molecule has 0 saturated heterocycles. The van der Waals surface area contributed by atoms with Crippen molar-refractivity contribution in [2.24, 2.45) is 0 Å². The van der Waals surface area contributed by atoms with Gasteiger partial charge in [-0.05, 0) is 47.6 Å². The van der Waals surface area contributed by atoms with Crippen molar-refractivity contribution in [2.75, 3.05) is 0 Å². The Balaban J connectivity index is 3.37. The Morgan fingerprint density at radius 1 is 1.36 bits per heavy atom. The first-order valence-corrected chi connectivity index (χ1v) is 4.37. The van der Waals surface area contributed by atoms with Gasteiger partial charge in [0.1, 0.15) is 0 Å². The summed E-state index contributed by atoms with van der Waals surface area (Å²) in [7, 11) is 0.